The molecule has 0 N–H and O–H groups in total. The predicted molar refractivity (Wildman–Crippen MR) is 71.1 cm³/mol. The van der Waals surface area contributed by atoms with Crippen LogP contribution in [0.1, 0.15) is 0 Å². The Morgan fingerprint density at radius 3 is 2.79 bits per heavy atom. The summed E-state index contributed by atoms with van der Waals surface area (Å²) < 4.78 is 15.8. The number of methoxy groups -OCH3 is 1. The summed E-state index contributed by atoms with van der Waals surface area (Å²) in [6, 6.07) is 7.38. The first-order chi connectivity index (χ1) is 9.24. The molecule has 6 heteroatoms. The second-order valence-corrected chi connectivity index (χ2v) is 4.41. The van der Waals surface area contributed by atoms with Crippen molar-refractivity contribution >= 4 is 17.7 Å². The van der Waals surface area contributed by atoms with Crippen molar-refractivity contribution in [1.82, 2.24) is 4.90 Å². The molecule has 0 bridgehead atoms. The number of ether oxygens (including phenoxy) is 3. The third-order valence-corrected chi connectivity index (χ3v) is 3.15. The topological polar surface area (TPSA) is 48.0 Å². The number of amides is 1. The van der Waals surface area contributed by atoms with E-state index in [2.05, 4.69) is 0 Å². The second kappa shape index (κ2) is 6.52. The van der Waals surface area contributed by atoms with Gasteiger partial charge in [-0.25, -0.2) is 4.79 Å². The van der Waals surface area contributed by atoms with E-state index in [1.807, 2.05) is 24.3 Å². The molecule has 1 saturated heterocycles. The maximum Gasteiger partial charge on any atom is 0.410 e. The summed E-state index contributed by atoms with van der Waals surface area (Å²) in [5.74, 6) is 1.65. The van der Waals surface area contributed by atoms with Crippen molar-refractivity contribution in [3.63, 3.8) is 0 Å². The SMILES string of the molecule is COc1ccccc1OCCN1CC(CCl)OC1=O. The van der Waals surface area contributed by atoms with E-state index in [4.69, 9.17) is 25.8 Å². The van der Waals surface area contributed by atoms with E-state index in [9.17, 15) is 4.79 Å². The molecule has 1 fully saturated rings. The summed E-state index contributed by atoms with van der Waals surface area (Å²) in [4.78, 5) is 13.1. The standard InChI is InChI=1S/C13H16ClNO4/c1-17-11-4-2-3-5-12(11)18-7-6-15-9-10(8-14)19-13(15)16/h2-5,10H,6-9H2,1H3. The lowest BCUT2D eigenvalue weighted by molar-refractivity contribution is 0.136. The number of carbonyl (C=O) groups excluding carboxylic acids is 1. The molecule has 1 aromatic carbocycles. The van der Waals surface area contributed by atoms with Crippen molar-refractivity contribution < 1.29 is 19.0 Å². The number of cyclic esters (lactones) is 1. The fraction of sp³-hybridized carbons (Fsp3) is 0.462. The fourth-order valence-electron chi connectivity index (χ4n) is 1.84. The van der Waals surface area contributed by atoms with Crippen molar-refractivity contribution in [2.75, 3.05) is 32.7 Å². The van der Waals surface area contributed by atoms with Crippen LogP contribution in [0, 0.1) is 0 Å². The molecule has 2 rings (SSSR count). The van der Waals surface area contributed by atoms with Crippen LogP contribution >= 0.6 is 11.6 Å². The van der Waals surface area contributed by atoms with Crippen molar-refractivity contribution in [3.8, 4) is 11.5 Å². The molecule has 1 heterocycles. The third kappa shape index (κ3) is 3.44. The van der Waals surface area contributed by atoms with Crippen molar-refractivity contribution in [3.05, 3.63) is 24.3 Å². The molecule has 0 spiro atoms. The van der Waals surface area contributed by atoms with E-state index in [0.717, 1.165) is 0 Å². The minimum atomic E-state index is -0.339. The summed E-state index contributed by atoms with van der Waals surface area (Å²) in [5, 5.41) is 0. The number of halogens is 1. The lowest BCUT2D eigenvalue weighted by atomic mass is 10.3. The van der Waals surface area contributed by atoms with Crippen LogP contribution in [-0.2, 0) is 4.74 Å². The normalized spacial score (nSPS) is 18.3. The van der Waals surface area contributed by atoms with Gasteiger partial charge in [-0.2, -0.15) is 0 Å². The summed E-state index contributed by atoms with van der Waals surface area (Å²) in [6.07, 6.45) is -0.560. The number of nitrogens with zero attached hydrogens (tertiary/aromatic N) is 1. The molecule has 1 aliphatic rings. The van der Waals surface area contributed by atoms with Gasteiger partial charge >= 0.3 is 6.09 Å². The first kappa shape index (κ1) is 13.8. The van der Waals surface area contributed by atoms with E-state index in [0.29, 0.717) is 37.1 Å². The molecule has 0 aromatic heterocycles. The lowest BCUT2D eigenvalue weighted by Crippen LogP contribution is -2.30. The number of benzene rings is 1. The van der Waals surface area contributed by atoms with Crippen molar-refractivity contribution in [2.45, 2.75) is 6.10 Å². The van der Waals surface area contributed by atoms with Crippen LogP contribution in [0.15, 0.2) is 24.3 Å². The summed E-state index contributed by atoms with van der Waals surface area (Å²) in [7, 11) is 1.59. The van der Waals surface area contributed by atoms with Gasteiger partial charge in [0.2, 0.25) is 0 Å². The number of para-hydroxylation sites is 2. The van der Waals surface area contributed by atoms with Crippen LogP contribution in [0.3, 0.4) is 0 Å². The zero-order valence-electron chi connectivity index (χ0n) is 10.7. The smallest absolute Gasteiger partial charge is 0.410 e. The van der Waals surface area contributed by atoms with E-state index in [-0.39, 0.29) is 12.2 Å². The number of carbonyl (C=O) groups is 1. The molecule has 1 aliphatic heterocycles. The van der Waals surface area contributed by atoms with Crippen LogP contribution < -0.4 is 9.47 Å². The van der Waals surface area contributed by atoms with E-state index in [1.54, 1.807) is 12.0 Å². The molecule has 5 nitrogen and oxygen atoms in total. The van der Waals surface area contributed by atoms with Gasteiger partial charge in [-0.15, -0.1) is 11.6 Å². The number of hydrogen-bond acceptors (Lipinski definition) is 4. The lowest BCUT2D eigenvalue weighted by Gasteiger charge is -2.14. The highest BCUT2D eigenvalue weighted by atomic mass is 35.5. The van der Waals surface area contributed by atoms with Crippen LogP contribution in [0.4, 0.5) is 4.79 Å². The van der Waals surface area contributed by atoms with Gasteiger partial charge in [0.05, 0.1) is 26.1 Å². The van der Waals surface area contributed by atoms with Crippen LogP contribution in [0.5, 0.6) is 11.5 Å². The van der Waals surface area contributed by atoms with Gasteiger partial charge in [0, 0.05) is 0 Å². The zero-order valence-corrected chi connectivity index (χ0v) is 11.4. The molecule has 0 saturated carbocycles. The highest BCUT2D eigenvalue weighted by molar-refractivity contribution is 6.18. The van der Waals surface area contributed by atoms with Gasteiger partial charge in [0.25, 0.3) is 0 Å². The molecular weight excluding hydrogens is 270 g/mol. The molecule has 1 aromatic rings. The Labute approximate surface area is 117 Å². The van der Waals surface area contributed by atoms with Gasteiger partial charge in [-0.05, 0) is 12.1 Å². The second-order valence-electron chi connectivity index (χ2n) is 4.11. The summed E-state index contributed by atoms with van der Waals surface area (Å²) >= 11 is 5.66. The van der Waals surface area contributed by atoms with E-state index in [1.165, 1.54) is 0 Å². The van der Waals surface area contributed by atoms with Crippen LogP contribution in [0.25, 0.3) is 0 Å². The zero-order chi connectivity index (χ0) is 13.7. The molecule has 0 aliphatic carbocycles. The molecule has 0 radical (unpaired) electrons. The van der Waals surface area contributed by atoms with Crippen LogP contribution in [0.2, 0.25) is 0 Å². The Morgan fingerprint density at radius 1 is 1.42 bits per heavy atom. The molecule has 104 valence electrons. The Hall–Kier alpha value is -1.62. The highest BCUT2D eigenvalue weighted by Crippen LogP contribution is 2.25. The summed E-state index contributed by atoms with van der Waals surface area (Å²) in [6.45, 7) is 1.35. The number of alkyl halides is 1. The minimum absolute atomic E-state index is 0.222. The van der Waals surface area contributed by atoms with E-state index < -0.39 is 0 Å². The molecule has 19 heavy (non-hydrogen) atoms. The van der Waals surface area contributed by atoms with Crippen LogP contribution in [-0.4, -0.2) is 49.8 Å². The van der Waals surface area contributed by atoms with E-state index >= 15 is 0 Å². The number of rotatable bonds is 6. The fourth-order valence-corrected chi connectivity index (χ4v) is 2.00. The third-order valence-electron chi connectivity index (χ3n) is 2.81. The highest BCUT2D eigenvalue weighted by Gasteiger charge is 2.30. The number of hydrogen-bond donors (Lipinski definition) is 0. The average molecular weight is 286 g/mol. The summed E-state index contributed by atoms with van der Waals surface area (Å²) in [5.41, 5.74) is 0. The minimum Gasteiger partial charge on any atom is -0.493 e. The molecule has 1 atom stereocenters. The van der Waals surface area contributed by atoms with Crippen molar-refractivity contribution in [1.29, 1.82) is 0 Å². The maximum absolute atomic E-state index is 11.5. The van der Waals surface area contributed by atoms with Gasteiger partial charge in [0.1, 0.15) is 12.7 Å². The molecule has 1 unspecified atom stereocenters. The maximum atomic E-state index is 11.5. The Morgan fingerprint density at radius 2 is 2.16 bits per heavy atom. The first-order valence-corrected chi connectivity index (χ1v) is 6.55. The van der Waals surface area contributed by atoms with Gasteiger partial charge in [-0.3, -0.25) is 0 Å². The predicted octanol–water partition coefficient (Wildman–Crippen LogP) is 2.13. The Balaban J connectivity index is 1.82. The average Bonchev–Trinajstić information content (AvgIpc) is 2.80. The Bertz CT molecular complexity index is 440. The Kier molecular flexibility index (Phi) is 4.74. The van der Waals surface area contributed by atoms with Crippen molar-refractivity contribution in [2.24, 2.45) is 0 Å². The largest absolute Gasteiger partial charge is 0.493 e. The first-order valence-electron chi connectivity index (χ1n) is 6.02. The van der Waals surface area contributed by atoms with Gasteiger partial charge in [0.15, 0.2) is 11.5 Å². The van der Waals surface area contributed by atoms with Gasteiger partial charge in [-0.1, -0.05) is 12.1 Å². The van der Waals surface area contributed by atoms with Gasteiger partial charge < -0.3 is 19.1 Å². The quantitative estimate of drug-likeness (QED) is 0.751. The monoisotopic (exact) mass is 285 g/mol. The molecule has 1 amide bonds. The molecular formula is C13H16ClNO4.